The van der Waals surface area contributed by atoms with Crippen molar-refractivity contribution in [1.82, 2.24) is 9.78 Å². The Hall–Kier alpha value is -2.19. The summed E-state index contributed by atoms with van der Waals surface area (Å²) in [6.45, 7) is 4.04. The van der Waals surface area contributed by atoms with E-state index in [1.807, 2.05) is 18.0 Å². The highest BCUT2D eigenvalue weighted by atomic mass is 32.2. The molecule has 0 saturated carbocycles. The summed E-state index contributed by atoms with van der Waals surface area (Å²) in [6.07, 6.45) is 5.24. The molecule has 1 aromatic heterocycles. The van der Waals surface area contributed by atoms with Gasteiger partial charge in [-0.15, -0.1) is 0 Å². The van der Waals surface area contributed by atoms with Gasteiger partial charge < -0.3 is 14.4 Å². The fourth-order valence-electron chi connectivity index (χ4n) is 4.18. The normalized spacial score (nSPS) is 22.5. The zero-order chi connectivity index (χ0) is 20.7. The largest absolute Gasteiger partial charge is 0.446 e. The van der Waals surface area contributed by atoms with Crippen molar-refractivity contribution >= 4 is 29.2 Å². The fraction of sp³-hybridized carbons (Fsp3) is 0.545. The zero-order valence-corrected chi connectivity index (χ0v) is 18.3. The molecule has 0 bridgehead atoms. The first-order valence-electron chi connectivity index (χ1n) is 10.6. The SMILES string of the molecule is CC1CN(C(=O)OC2CCOCC2)c2cc(-c3cnn(C4CSC4)c3)ccc2N1C. The van der Waals surface area contributed by atoms with E-state index in [0.717, 1.165) is 46.8 Å². The third-order valence-electron chi connectivity index (χ3n) is 6.34. The molecule has 0 N–H and O–H groups in total. The van der Waals surface area contributed by atoms with Crippen LogP contribution < -0.4 is 9.80 Å². The lowest BCUT2D eigenvalue weighted by molar-refractivity contribution is 0.00369. The zero-order valence-electron chi connectivity index (χ0n) is 17.5. The second-order valence-corrected chi connectivity index (χ2v) is 9.44. The van der Waals surface area contributed by atoms with Gasteiger partial charge in [0.25, 0.3) is 0 Å². The predicted octanol–water partition coefficient (Wildman–Crippen LogP) is 3.80. The van der Waals surface area contributed by atoms with E-state index in [-0.39, 0.29) is 18.2 Å². The summed E-state index contributed by atoms with van der Waals surface area (Å²) in [7, 11) is 2.08. The molecule has 0 aliphatic carbocycles. The van der Waals surface area contributed by atoms with Crippen molar-refractivity contribution in [3.8, 4) is 11.1 Å². The lowest BCUT2D eigenvalue weighted by Crippen LogP contribution is -2.49. The van der Waals surface area contributed by atoms with Crippen molar-refractivity contribution in [1.29, 1.82) is 0 Å². The Balaban J connectivity index is 1.43. The number of fused-ring (bicyclic) bond motifs is 1. The first-order valence-corrected chi connectivity index (χ1v) is 11.8. The van der Waals surface area contributed by atoms with E-state index in [4.69, 9.17) is 9.47 Å². The molecule has 1 amide bonds. The molecule has 1 atom stereocenters. The molecule has 3 aliphatic heterocycles. The lowest BCUT2D eigenvalue weighted by Gasteiger charge is -2.40. The molecule has 2 aromatic rings. The summed E-state index contributed by atoms with van der Waals surface area (Å²) in [5.74, 6) is 2.25. The molecule has 1 aromatic carbocycles. The molecule has 2 fully saturated rings. The number of hydrogen-bond donors (Lipinski definition) is 0. The topological polar surface area (TPSA) is 59.8 Å². The van der Waals surface area contributed by atoms with E-state index in [0.29, 0.717) is 25.8 Å². The highest BCUT2D eigenvalue weighted by Crippen LogP contribution is 2.39. The Kier molecular flexibility index (Phi) is 5.37. The van der Waals surface area contributed by atoms with E-state index >= 15 is 0 Å². The fourth-order valence-corrected chi connectivity index (χ4v) is 4.93. The number of aromatic nitrogens is 2. The average Bonchev–Trinajstić information content (AvgIpc) is 3.19. The third-order valence-corrected chi connectivity index (χ3v) is 7.58. The van der Waals surface area contributed by atoms with Crippen LogP contribution in [0.4, 0.5) is 16.2 Å². The van der Waals surface area contributed by atoms with Gasteiger partial charge in [-0.25, -0.2) is 4.79 Å². The number of hydrogen-bond acceptors (Lipinski definition) is 6. The lowest BCUT2D eigenvalue weighted by atomic mass is 10.0. The van der Waals surface area contributed by atoms with Crippen molar-refractivity contribution < 1.29 is 14.3 Å². The summed E-state index contributed by atoms with van der Waals surface area (Å²) in [5, 5.41) is 4.56. The van der Waals surface area contributed by atoms with Gasteiger partial charge in [-0.05, 0) is 24.6 Å². The van der Waals surface area contributed by atoms with Gasteiger partial charge in [-0.3, -0.25) is 9.58 Å². The Morgan fingerprint density at radius 2 is 2.00 bits per heavy atom. The minimum Gasteiger partial charge on any atom is -0.446 e. The molecular formula is C22H28N4O3S. The second kappa shape index (κ2) is 8.15. The molecule has 2 saturated heterocycles. The number of carbonyl (C=O) groups is 1. The minimum absolute atomic E-state index is 0.0635. The molecule has 5 rings (SSSR count). The van der Waals surface area contributed by atoms with Crippen LogP contribution in [0.1, 0.15) is 25.8 Å². The molecule has 160 valence electrons. The summed E-state index contributed by atoms with van der Waals surface area (Å²) in [5.41, 5.74) is 4.09. The molecule has 0 radical (unpaired) electrons. The molecular weight excluding hydrogens is 400 g/mol. The minimum atomic E-state index is -0.262. The highest BCUT2D eigenvalue weighted by Gasteiger charge is 2.32. The van der Waals surface area contributed by atoms with Crippen LogP contribution in [-0.2, 0) is 9.47 Å². The second-order valence-electron chi connectivity index (χ2n) is 8.37. The molecule has 4 heterocycles. The van der Waals surface area contributed by atoms with Gasteiger partial charge >= 0.3 is 6.09 Å². The first-order chi connectivity index (χ1) is 14.6. The maximum Gasteiger partial charge on any atom is 0.414 e. The van der Waals surface area contributed by atoms with Crippen molar-refractivity contribution in [2.45, 2.75) is 38.0 Å². The van der Waals surface area contributed by atoms with Crippen molar-refractivity contribution in [2.24, 2.45) is 0 Å². The third kappa shape index (κ3) is 3.67. The van der Waals surface area contributed by atoms with E-state index in [1.165, 1.54) is 0 Å². The van der Waals surface area contributed by atoms with Crippen LogP contribution >= 0.6 is 11.8 Å². The van der Waals surface area contributed by atoms with Gasteiger partial charge in [0.15, 0.2) is 0 Å². The number of nitrogens with zero attached hydrogens (tertiary/aromatic N) is 4. The van der Waals surface area contributed by atoms with Crippen LogP contribution in [0.25, 0.3) is 11.1 Å². The monoisotopic (exact) mass is 428 g/mol. The Morgan fingerprint density at radius 3 is 2.73 bits per heavy atom. The Labute approximate surface area is 181 Å². The quantitative estimate of drug-likeness (QED) is 0.741. The smallest absolute Gasteiger partial charge is 0.414 e. The number of amides is 1. The molecule has 8 heteroatoms. The van der Waals surface area contributed by atoms with Gasteiger partial charge in [0.05, 0.1) is 36.8 Å². The number of likely N-dealkylation sites (N-methyl/N-ethyl adjacent to an activating group) is 1. The van der Waals surface area contributed by atoms with Crippen LogP contribution in [-0.4, -0.2) is 66.3 Å². The average molecular weight is 429 g/mol. The van der Waals surface area contributed by atoms with Gasteiger partial charge in [0, 0.05) is 55.7 Å². The summed E-state index contributed by atoms with van der Waals surface area (Å²) >= 11 is 1.95. The summed E-state index contributed by atoms with van der Waals surface area (Å²) < 4.78 is 13.3. The number of thioether (sulfide) groups is 1. The van der Waals surface area contributed by atoms with Crippen molar-refractivity contribution in [3.05, 3.63) is 30.6 Å². The van der Waals surface area contributed by atoms with Crippen LogP contribution in [0.15, 0.2) is 30.6 Å². The summed E-state index contributed by atoms with van der Waals surface area (Å²) in [4.78, 5) is 17.1. The van der Waals surface area contributed by atoms with E-state index < -0.39 is 0 Å². The van der Waals surface area contributed by atoms with Crippen molar-refractivity contribution in [2.75, 3.05) is 48.1 Å². The summed E-state index contributed by atoms with van der Waals surface area (Å²) in [6, 6.07) is 7.03. The van der Waals surface area contributed by atoms with Gasteiger partial charge in [0.2, 0.25) is 0 Å². The Bertz CT molecular complexity index is 923. The number of benzene rings is 1. The van der Waals surface area contributed by atoms with Gasteiger partial charge in [0.1, 0.15) is 6.10 Å². The van der Waals surface area contributed by atoms with Gasteiger partial charge in [-0.2, -0.15) is 16.9 Å². The van der Waals surface area contributed by atoms with E-state index in [1.54, 1.807) is 4.90 Å². The number of anilines is 2. The van der Waals surface area contributed by atoms with E-state index in [2.05, 4.69) is 53.0 Å². The highest BCUT2D eigenvalue weighted by molar-refractivity contribution is 8.00. The molecule has 7 nitrogen and oxygen atoms in total. The Morgan fingerprint density at radius 1 is 1.20 bits per heavy atom. The van der Waals surface area contributed by atoms with Crippen LogP contribution in [0.3, 0.4) is 0 Å². The van der Waals surface area contributed by atoms with Crippen LogP contribution in [0.2, 0.25) is 0 Å². The van der Waals surface area contributed by atoms with Crippen molar-refractivity contribution in [3.63, 3.8) is 0 Å². The maximum atomic E-state index is 13.1. The standard InChI is InChI=1S/C22H28N4O3S/c1-15-11-25(22(27)29-19-5-7-28-8-6-19)21-9-16(3-4-20(21)24(15)2)17-10-23-26(12-17)18-13-30-14-18/h3-4,9-10,12,15,18-19H,5-8,11,13-14H2,1-2H3. The number of ether oxygens (including phenoxy) is 2. The molecule has 30 heavy (non-hydrogen) atoms. The molecule has 1 unspecified atom stereocenters. The number of rotatable bonds is 3. The maximum absolute atomic E-state index is 13.1. The van der Waals surface area contributed by atoms with Crippen LogP contribution in [0, 0.1) is 0 Å². The molecule has 0 spiro atoms. The molecule has 3 aliphatic rings. The number of carbonyl (C=O) groups excluding carboxylic acids is 1. The van der Waals surface area contributed by atoms with Crippen LogP contribution in [0.5, 0.6) is 0 Å². The van der Waals surface area contributed by atoms with E-state index in [9.17, 15) is 4.79 Å². The predicted molar refractivity (Wildman–Crippen MR) is 120 cm³/mol. The van der Waals surface area contributed by atoms with Gasteiger partial charge in [-0.1, -0.05) is 6.07 Å². The first kappa shape index (κ1) is 19.8.